The predicted molar refractivity (Wildman–Crippen MR) is 70.2 cm³/mol. The van der Waals surface area contributed by atoms with Crippen LogP contribution in [0.25, 0.3) is 0 Å². The fourth-order valence-corrected chi connectivity index (χ4v) is 1.79. The Morgan fingerprint density at radius 1 is 1.25 bits per heavy atom. The molecule has 2 aromatic rings. The standard InChI is InChI=1S/C14H10ClF2NO2/c1-2-20-9-3-8(6-18-7-9)14(19)10-4-13(17)11(15)5-12(10)16/h3-7H,2H2,1H3. The summed E-state index contributed by atoms with van der Waals surface area (Å²) in [5, 5.41) is -0.375. The van der Waals surface area contributed by atoms with Gasteiger partial charge in [-0.3, -0.25) is 9.78 Å². The summed E-state index contributed by atoms with van der Waals surface area (Å²) in [6.07, 6.45) is 2.69. The Balaban J connectivity index is 2.41. The van der Waals surface area contributed by atoms with Crippen LogP contribution < -0.4 is 4.74 Å². The van der Waals surface area contributed by atoms with Crippen molar-refractivity contribution in [2.45, 2.75) is 6.92 Å². The number of aromatic nitrogens is 1. The van der Waals surface area contributed by atoms with Crippen molar-refractivity contribution in [3.05, 3.63) is 58.4 Å². The number of hydrogen-bond donors (Lipinski definition) is 0. The van der Waals surface area contributed by atoms with Gasteiger partial charge in [-0.25, -0.2) is 8.78 Å². The molecule has 0 saturated heterocycles. The van der Waals surface area contributed by atoms with Crippen molar-refractivity contribution in [3.8, 4) is 5.75 Å². The second kappa shape index (κ2) is 5.96. The topological polar surface area (TPSA) is 39.2 Å². The van der Waals surface area contributed by atoms with Gasteiger partial charge in [-0.2, -0.15) is 0 Å². The van der Waals surface area contributed by atoms with E-state index in [0.29, 0.717) is 12.4 Å². The Bertz CT molecular complexity index is 662. The molecule has 0 aliphatic rings. The summed E-state index contributed by atoms with van der Waals surface area (Å²) in [7, 11) is 0. The molecule has 2 rings (SSSR count). The lowest BCUT2D eigenvalue weighted by atomic mass is 10.0. The molecule has 20 heavy (non-hydrogen) atoms. The van der Waals surface area contributed by atoms with Crippen molar-refractivity contribution in [1.82, 2.24) is 4.98 Å². The maximum Gasteiger partial charge on any atom is 0.197 e. The molecule has 104 valence electrons. The molecule has 0 unspecified atom stereocenters. The number of benzene rings is 1. The van der Waals surface area contributed by atoms with E-state index >= 15 is 0 Å². The first kappa shape index (κ1) is 14.4. The summed E-state index contributed by atoms with van der Waals surface area (Å²) < 4.78 is 32.2. The average Bonchev–Trinajstić information content (AvgIpc) is 2.43. The number of ketones is 1. The summed E-state index contributed by atoms with van der Waals surface area (Å²) in [5.41, 5.74) is -0.293. The first-order chi connectivity index (χ1) is 9.52. The van der Waals surface area contributed by atoms with Gasteiger partial charge in [0, 0.05) is 11.8 Å². The van der Waals surface area contributed by atoms with E-state index in [0.717, 1.165) is 12.1 Å². The van der Waals surface area contributed by atoms with Crippen LogP contribution in [0.5, 0.6) is 5.75 Å². The Kier molecular flexibility index (Phi) is 4.29. The zero-order valence-electron chi connectivity index (χ0n) is 10.5. The normalized spacial score (nSPS) is 10.4. The predicted octanol–water partition coefficient (Wildman–Crippen LogP) is 3.64. The number of halogens is 3. The lowest BCUT2D eigenvalue weighted by molar-refractivity contribution is 0.103. The first-order valence-electron chi connectivity index (χ1n) is 5.80. The number of nitrogens with zero attached hydrogens (tertiary/aromatic N) is 1. The molecule has 0 amide bonds. The van der Waals surface area contributed by atoms with Gasteiger partial charge in [0.1, 0.15) is 17.4 Å². The maximum atomic E-state index is 13.7. The fraction of sp³-hybridized carbons (Fsp3) is 0.143. The molecule has 3 nitrogen and oxygen atoms in total. The minimum atomic E-state index is -0.886. The maximum absolute atomic E-state index is 13.7. The molecule has 0 aliphatic carbocycles. The minimum absolute atomic E-state index is 0.108. The van der Waals surface area contributed by atoms with E-state index in [-0.39, 0.29) is 10.6 Å². The average molecular weight is 298 g/mol. The Labute approximate surface area is 119 Å². The van der Waals surface area contributed by atoms with Gasteiger partial charge in [0.25, 0.3) is 0 Å². The molecule has 1 aromatic heterocycles. The SMILES string of the molecule is CCOc1cncc(C(=O)c2cc(F)c(Cl)cc2F)c1. The molecular formula is C14H10ClF2NO2. The third kappa shape index (κ3) is 2.93. The van der Waals surface area contributed by atoms with Crippen LogP contribution in [-0.2, 0) is 0 Å². The van der Waals surface area contributed by atoms with E-state index in [2.05, 4.69) is 4.98 Å². The van der Waals surface area contributed by atoms with Crippen LogP contribution in [0.1, 0.15) is 22.8 Å². The zero-order chi connectivity index (χ0) is 14.7. The highest BCUT2D eigenvalue weighted by atomic mass is 35.5. The second-order valence-electron chi connectivity index (χ2n) is 3.92. The highest BCUT2D eigenvalue weighted by Gasteiger charge is 2.18. The zero-order valence-corrected chi connectivity index (χ0v) is 11.2. The lowest BCUT2D eigenvalue weighted by Gasteiger charge is -2.06. The van der Waals surface area contributed by atoms with Crippen molar-refractivity contribution >= 4 is 17.4 Å². The van der Waals surface area contributed by atoms with Crippen molar-refractivity contribution in [2.75, 3.05) is 6.61 Å². The van der Waals surface area contributed by atoms with Crippen LogP contribution in [0.4, 0.5) is 8.78 Å². The van der Waals surface area contributed by atoms with E-state index in [9.17, 15) is 13.6 Å². The molecule has 1 aromatic carbocycles. The summed E-state index contributed by atoms with van der Waals surface area (Å²) >= 11 is 5.44. The Morgan fingerprint density at radius 2 is 2.00 bits per heavy atom. The van der Waals surface area contributed by atoms with Crippen LogP contribution in [0.3, 0.4) is 0 Å². The third-order valence-electron chi connectivity index (χ3n) is 2.54. The number of pyridine rings is 1. The largest absolute Gasteiger partial charge is 0.492 e. The number of carbonyl (C=O) groups is 1. The summed E-state index contributed by atoms with van der Waals surface area (Å²) in [5.74, 6) is -2.05. The quantitative estimate of drug-likeness (QED) is 0.639. The summed E-state index contributed by atoms with van der Waals surface area (Å²) in [6, 6.07) is 2.96. The molecular weight excluding hydrogens is 288 g/mol. The van der Waals surface area contributed by atoms with Crippen LogP contribution in [-0.4, -0.2) is 17.4 Å². The van der Waals surface area contributed by atoms with Gasteiger partial charge in [0.2, 0.25) is 0 Å². The Hall–Kier alpha value is -2.01. The summed E-state index contributed by atoms with van der Waals surface area (Å²) in [6.45, 7) is 2.19. The van der Waals surface area contributed by atoms with Gasteiger partial charge in [-0.15, -0.1) is 0 Å². The van der Waals surface area contributed by atoms with Crippen LogP contribution in [0.15, 0.2) is 30.6 Å². The van der Waals surface area contributed by atoms with Crippen LogP contribution in [0.2, 0.25) is 5.02 Å². The third-order valence-corrected chi connectivity index (χ3v) is 2.83. The van der Waals surface area contributed by atoms with Crippen LogP contribution in [0, 0.1) is 11.6 Å². The molecule has 0 atom stereocenters. The minimum Gasteiger partial charge on any atom is -0.492 e. The number of hydrogen-bond acceptors (Lipinski definition) is 3. The second-order valence-corrected chi connectivity index (χ2v) is 4.32. The molecule has 0 radical (unpaired) electrons. The molecule has 0 fully saturated rings. The molecule has 0 spiro atoms. The summed E-state index contributed by atoms with van der Waals surface area (Å²) in [4.78, 5) is 16.0. The fourth-order valence-electron chi connectivity index (χ4n) is 1.64. The van der Waals surface area contributed by atoms with Crippen molar-refractivity contribution < 1.29 is 18.3 Å². The smallest absolute Gasteiger partial charge is 0.197 e. The van der Waals surface area contributed by atoms with Crippen molar-refractivity contribution in [1.29, 1.82) is 0 Å². The van der Waals surface area contributed by atoms with Gasteiger partial charge < -0.3 is 4.74 Å². The molecule has 0 saturated carbocycles. The highest BCUT2D eigenvalue weighted by Crippen LogP contribution is 2.22. The lowest BCUT2D eigenvalue weighted by Crippen LogP contribution is -2.06. The highest BCUT2D eigenvalue weighted by molar-refractivity contribution is 6.30. The molecule has 0 bridgehead atoms. The van der Waals surface area contributed by atoms with Gasteiger partial charge in [0.05, 0.1) is 23.4 Å². The van der Waals surface area contributed by atoms with E-state index in [1.165, 1.54) is 18.5 Å². The van der Waals surface area contributed by atoms with Crippen molar-refractivity contribution in [3.63, 3.8) is 0 Å². The molecule has 1 heterocycles. The van der Waals surface area contributed by atoms with E-state index < -0.39 is 23.0 Å². The van der Waals surface area contributed by atoms with Gasteiger partial charge in [-0.1, -0.05) is 11.6 Å². The van der Waals surface area contributed by atoms with E-state index in [4.69, 9.17) is 16.3 Å². The van der Waals surface area contributed by atoms with Gasteiger partial charge in [0.15, 0.2) is 5.78 Å². The van der Waals surface area contributed by atoms with Crippen molar-refractivity contribution in [2.24, 2.45) is 0 Å². The number of carbonyl (C=O) groups excluding carboxylic acids is 1. The van der Waals surface area contributed by atoms with E-state index in [1.54, 1.807) is 6.92 Å². The van der Waals surface area contributed by atoms with Gasteiger partial charge >= 0.3 is 0 Å². The number of rotatable bonds is 4. The number of ether oxygens (including phenoxy) is 1. The molecule has 0 N–H and O–H groups in total. The Morgan fingerprint density at radius 3 is 2.70 bits per heavy atom. The monoisotopic (exact) mass is 297 g/mol. The van der Waals surface area contributed by atoms with Crippen LogP contribution >= 0.6 is 11.6 Å². The first-order valence-corrected chi connectivity index (χ1v) is 6.17. The van der Waals surface area contributed by atoms with Gasteiger partial charge in [-0.05, 0) is 25.1 Å². The molecule has 0 aliphatic heterocycles. The molecule has 6 heteroatoms. The van der Waals surface area contributed by atoms with E-state index in [1.807, 2.05) is 0 Å².